The largest absolute Gasteiger partial charge is 0.341 e. The Hall–Kier alpha value is -3.28. The summed E-state index contributed by atoms with van der Waals surface area (Å²) in [6.07, 6.45) is 2.90. The lowest BCUT2D eigenvalue weighted by Gasteiger charge is -2.37. The van der Waals surface area contributed by atoms with Crippen LogP contribution in [-0.2, 0) is 16.8 Å². The number of hydrogen-bond donors (Lipinski definition) is 0. The van der Waals surface area contributed by atoms with Crippen LogP contribution >= 0.6 is 0 Å². The van der Waals surface area contributed by atoms with Gasteiger partial charge in [-0.25, -0.2) is 9.07 Å². The number of halogens is 1. The highest BCUT2D eigenvalue weighted by atomic mass is 19.1. The lowest BCUT2D eigenvalue weighted by molar-refractivity contribution is -0.141. The van der Waals surface area contributed by atoms with Crippen molar-refractivity contribution in [1.82, 2.24) is 14.7 Å². The second-order valence-corrected chi connectivity index (χ2v) is 8.96. The summed E-state index contributed by atoms with van der Waals surface area (Å²) in [6.45, 7) is 4.81. The van der Waals surface area contributed by atoms with Gasteiger partial charge in [0.1, 0.15) is 11.4 Å². The molecule has 3 aromatic rings. The van der Waals surface area contributed by atoms with Crippen molar-refractivity contribution in [3.63, 3.8) is 0 Å². The van der Waals surface area contributed by atoms with Crippen LogP contribution in [0.2, 0.25) is 0 Å². The number of rotatable bonds is 5. The average molecular weight is 434 g/mol. The number of carbonyl (C=O) groups excluding carboxylic acids is 1. The lowest BCUT2D eigenvalue weighted by atomic mass is 9.89. The maximum atomic E-state index is 13.4. The molecule has 32 heavy (non-hydrogen) atoms. The second kappa shape index (κ2) is 9.07. The predicted octanol–water partition coefficient (Wildman–Crippen LogP) is 4.27. The van der Waals surface area contributed by atoms with Crippen molar-refractivity contribution in [1.29, 1.82) is 0 Å². The van der Waals surface area contributed by atoms with E-state index in [9.17, 15) is 14.0 Å². The molecular weight excluding hydrogens is 405 g/mol. The molecule has 1 fully saturated rings. The summed E-state index contributed by atoms with van der Waals surface area (Å²) >= 11 is 0. The molecule has 0 atom stereocenters. The number of amides is 1. The number of carbonyl (C=O) groups is 1. The minimum absolute atomic E-state index is 0.110. The molecular formula is C26H28FN3O2. The quantitative estimate of drug-likeness (QED) is 0.604. The number of likely N-dealkylation sites (tertiary alicyclic amines) is 1. The highest BCUT2D eigenvalue weighted by Gasteiger charge is 2.37. The zero-order chi connectivity index (χ0) is 22.7. The number of hydrogen-bond acceptors (Lipinski definition) is 3. The molecule has 4 rings (SSSR count). The van der Waals surface area contributed by atoms with Gasteiger partial charge in [0.2, 0.25) is 5.91 Å². The maximum Gasteiger partial charge on any atom is 0.267 e. The molecule has 0 aliphatic carbocycles. The Balaban J connectivity index is 1.48. The summed E-state index contributed by atoms with van der Waals surface area (Å²) in [5.74, 6) is 0.0991. The van der Waals surface area contributed by atoms with Crippen LogP contribution in [0.25, 0.3) is 11.3 Å². The van der Waals surface area contributed by atoms with Crippen molar-refractivity contribution < 1.29 is 9.18 Å². The van der Waals surface area contributed by atoms with Gasteiger partial charge >= 0.3 is 0 Å². The Morgan fingerprint density at radius 3 is 2.31 bits per heavy atom. The molecule has 1 aliphatic heterocycles. The molecule has 0 saturated carbocycles. The normalized spacial score (nSPS) is 15.0. The summed E-state index contributed by atoms with van der Waals surface area (Å²) in [5.41, 5.74) is 1.07. The molecule has 1 amide bonds. The van der Waals surface area contributed by atoms with Gasteiger partial charge in [0.25, 0.3) is 5.56 Å². The van der Waals surface area contributed by atoms with E-state index in [4.69, 9.17) is 0 Å². The predicted molar refractivity (Wildman–Crippen MR) is 123 cm³/mol. The molecule has 1 saturated heterocycles. The van der Waals surface area contributed by atoms with Crippen molar-refractivity contribution >= 4 is 5.91 Å². The molecule has 0 radical (unpaired) electrons. The summed E-state index contributed by atoms with van der Waals surface area (Å²) < 4.78 is 14.5. The van der Waals surface area contributed by atoms with Gasteiger partial charge in [0.05, 0.1) is 5.69 Å². The van der Waals surface area contributed by atoms with Crippen LogP contribution in [0.5, 0.6) is 0 Å². The number of nitrogens with zero attached hydrogens (tertiary/aromatic N) is 3. The first-order valence-electron chi connectivity index (χ1n) is 11.0. The lowest BCUT2D eigenvalue weighted by Crippen LogP contribution is -2.53. The Morgan fingerprint density at radius 1 is 1.00 bits per heavy atom. The van der Waals surface area contributed by atoms with E-state index >= 15 is 0 Å². The van der Waals surface area contributed by atoms with E-state index in [1.54, 1.807) is 32.0 Å². The third-order valence-corrected chi connectivity index (χ3v) is 6.26. The van der Waals surface area contributed by atoms with Gasteiger partial charge in [0, 0.05) is 24.7 Å². The number of benzene rings is 2. The fourth-order valence-corrected chi connectivity index (χ4v) is 4.35. The monoisotopic (exact) mass is 433 g/mol. The third kappa shape index (κ3) is 4.64. The zero-order valence-corrected chi connectivity index (χ0v) is 18.5. The van der Waals surface area contributed by atoms with E-state index < -0.39 is 5.54 Å². The Kier molecular flexibility index (Phi) is 6.21. The Labute approximate surface area is 187 Å². The van der Waals surface area contributed by atoms with Crippen molar-refractivity contribution in [3.05, 3.63) is 88.5 Å². The van der Waals surface area contributed by atoms with Crippen LogP contribution in [0.3, 0.4) is 0 Å². The second-order valence-electron chi connectivity index (χ2n) is 8.96. The van der Waals surface area contributed by atoms with Crippen molar-refractivity contribution in [3.8, 4) is 11.3 Å². The molecule has 1 aliphatic rings. The van der Waals surface area contributed by atoms with Gasteiger partial charge in [-0.1, -0.05) is 30.3 Å². The van der Waals surface area contributed by atoms with Gasteiger partial charge in [-0.2, -0.15) is 5.10 Å². The van der Waals surface area contributed by atoms with Gasteiger partial charge in [-0.05, 0) is 74.9 Å². The van der Waals surface area contributed by atoms with Gasteiger partial charge in [-0.3, -0.25) is 9.59 Å². The van der Waals surface area contributed by atoms with E-state index in [-0.39, 0.29) is 17.3 Å². The third-order valence-electron chi connectivity index (χ3n) is 6.26. The van der Waals surface area contributed by atoms with Crippen LogP contribution in [0, 0.1) is 11.7 Å². The number of aromatic nitrogens is 2. The molecule has 1 aromatic heterocycles. The Morgan fingerprint density at radius 2 is 1.66 bits per heavy atom. The van der Waals surface area contributed by atoms with E-state index in [0.717, 1.165) is 19.3 Å². The van der Waals surface area contributed by atoms with Crippen LogP contribution in [-0.4, -0.2) is 33.7 Å². The van der Waals surface area contributed by atoms with Crippen LogP contribution in [0.1, 0.15) is 32.3 Å². The molecule has 0 N–H and O–H groups in total. The maximum absolute atomic E-state index is 13.4. The molecule has 0 bridgehead atoms. The molecule has 6 heteroatoms. The molecule has 166 valence electrons. The SMILES string of the molecule is CC(C)(C(=O)N1CCC(Cc2ccccc2)CC1)n1nc(-c2ccc(F)cc2)ccc1=O. The minimum Gasteiger partial charge on any atom is -0.341 e. The highest BCUT2D eigenvalue weighted by molar-refractivity contribution is 5.83. The van der Waals surface area contributed by atoms with E-state index in [1.807, 2.05) is 11.0 Å². The fourth-order valence-electron chi connectivity index (χ4n) is 4.35. The van der Waals surface area contributed by atoms with E-state index in [0.29, 0.717) is 30.3 Å². The topological polar surface area (TPSA) is 55.2 Å². The minimum atomic E-state index is -1.13. The fraction of sp³-hybridized carbons (Fsp3) is 0.346. The number of piperidine rings is 1. The van der Waals surface area contributed by atoms with Gasteiger partial charge < -0.3 is 4.90 Å². The average Bonchev–Trinajstić information content (AvgIpc) is 2.80. The first-order chi connectivity index (χ1) is 15.3. The van der Waals surface area contributed by atoms with Crippen molar-refractivity contribution in [2.45, 2.75) is 38.6 Å². The summed E-state index contributed by atoms with van der Waals surface area (Å²) in [6, 6.07) is 19.4. The van der Waals surface area contributed by atoms with Crippen molar-refractivity contribution in [2.24, 2.45) is 5.92 Å². The van der Waals surface area contributed by atoms with E-state index in [2.05, 4.69) is 29.4 Å². The van der Waals surface area contributed by atoms with Crippen LogP contribution in [0.15, 0.2) is 71.5 Å². The molecule has 0 spiro atoms. The zero-order valence-electron chi connectivity index (χ0n) is 18.5. The van der Waals surface area contributed by atoms with E-state index in [1.165, 1.54) is 28.4 Å². The summed E-state index contributed by atoms with van der Waals surface area (Å²) in [7, 11) is 0. The molecule has 0 unspecified atom stereocenters. The van der Waals surface area contributed by atoms with Gasteiger partial charge in [0.15, 0.2) is 0 Å². The summed E-state index contributed by atoms with van der Waals surface area (Å²) in [5, 5.41) is 4.46. The van der Waals surface area contributed by atoms with Crippen molar-refractivity contribution in [2.75, 3.05) is 13.1 Å². The standard InChI is InChI=1S/C26H28FN3O2/c1-26(2,30-24(31)13-12-23(28-30)21-8-10-22(27)11-9-21)25(32)29-16-14-20(15-17-29)18-19-6-4-3-5-7-19/h3-13,20H,14-18H2,1-2H3. The summed E-state index contributed by atoms with van der Waals surface area (Å²) in [4.78, 5) is 27.9. The highest BCUT2D eigenvalue weighted by Crippen LogP contribution is 2.26. The smallest absolute Gasteiger partial charge is 0.267 e. The van der Waals surface area contributed by atoms with Gasteiger partial charge in [-0.15, -0.1) is 0 Å². The molecule has 2 aromatic carbocycles. The first kappa shape index (κ1) is 21.9. The Bertz CT molecular complexity index is 1130. The van der Waals surface area contributed by atoms with Crippen LogP contribution in [0.4, 0.5) is 4.39 Å². The van der Waals surface area contributed by atoms with Crippen LogP contribution < -0.4 is 5.56 Å². The molecule has 2 heterocycles. The molecule has 5 nitrogen and oxygen atoms in total. The first-order valence-corrected chi connectivity index (χ1v) is 11.0.